The van der Waals surface area contributed by atoms with E-state index in [1.54, 1.807) is 0 Å². The van der Waals surface area contributed by atoms with Crippen LogP contribution in [0.1, 0.15) is 32.6 Å². The molecule has 2 nitrogen and oxygen atoms in total. The minimum atomic E-state index is 0.222. The molecule has 0 aromatic heterocycles. The first-order chi connectivity index (χ1) is 6.22. The van der Waals surface area contributed by atoms with Gasteiger partial charge in [-0.1, -0.05) is 6.92 Å². The molecule has 1 saturated heterocycles. The largest absolute Gasteiger partial charge is 0.396 e. The van der Waals surface area contributed by atoms with Crippen LogP contribution in [0.5, 0.6) is 0 Å². The fourth-order valence-corrected chi connectivity index (χ4v) is 2.10. The number of likely N-dealkylation sites (tertiary alicyclic amines) is 1. The molecule has 0 aromatic rings. The van der Waals surface area contributed by atoms with E-state index in [0.29, 0.717) is 6.61 Å². The van der Waals surface area contributed by atoms with Gasteiger partial charge in [0.25, 0.3) is 0 Å². The lowest BCUT2D eigenvalue weighted by molar-refractivity contribution is 0.0569. The number of aliphatic hydroxyl groups excluding tert-OH is 1. The van der Waals surface area contributed by atoms with E-state index >= 15 is 0 Å². The van der Waals surface area contributed by atoms with Crippen molar-refractivity contribution in [1.82, 2.24) is 4.90 Å². The molecule has 1 N–H and O–H groups in total. The maximum absolute atomic E-state index is 9.21. The number of rotatable bonds is 3. The van der Waals surface area contributed by atoms with Gasteiger partial charge in [-0.2, -0.15) is 0 Å². The second kappa shape index (κ2) is 3.58. The molecule has 0 atom stereocenters. The molecule has 0 unspecified atom stereocenters. The molecule has 2 fully saturated rings. The van der Waals surface area contributed by atoms with Gasteiger partial charge in [0.2, 0.25) is 0 Å². The van der Waals surface area contributed by atoms with Gasteiger partial charge in [-0.15, -0.1) is 0 Å². The average molecular weight is 183 g/mol. The van der Waals surface area contributed by atoms with Crippen LogP contribution in [0, 0.1) is 11.3 Å². The third-order valence-corrected chi connectivity index (χ3v) is 3.66. The van der Waals surface area contributed by atoms with Crippen LogP contribution < -0.4 is 0 Å². The summed E-state index contributed by atoms with van der Waals surface area (Å²) in [6, 6.07) is 0. The molecule has 1 aliphatic carbocycles. The Morgan fingerprint density at radius 1 is 1.31 bits per heavy atom. The zero-order valence-electron chi connectivity index (χ0n) is 8.63. The van der Waals surface area contributed by atoms with Gasteiger partial charge in [0.05, 0.1) is 0 Å². The zero-order valence-corrected chi connectivity index (χ0v) is 8.63. The molecule has 0 aromatic carbocycles. The third kappa shape index (κ3) is 2.44. The second-order valence-corrected chi connectivity index (χ2v) is 5.21. The predicted octanol–water partition coefficient (Wildman–Crippen LogP) is 1.49. The lowest BCUT2D eigenvalue weighted by atomic mass is 9.81. The standard InChI is InChI=1S/C11H21NO/c1-11(9-13)4-6-12(7-5-11)8-10-2-3-10/h10,13H,2-9H2,1H3. The fourth-order valence-electron chi connectivity index (χ4n) is 2.10. The van der Waals surface area contributed by atoms with Crippen LogP contribution >= 0.6 is 0 Å². The minimum Gasteiger partial charge on any atom is -0.396 e. The molecule has 0 spiro atoms. The number of hydrogen-bond donors (Lipinski definition) is 1. The molecule has 2 heteroatoms. The smallest absolute Gasteiger partial charge is 0.0485 e. The predicted molar refractivity (Wildman–Crippen MR) is 53.6 cm³/mol. The summed E-state index contributed by atoms with van der Waals surface area (Å²) < 4.78 is 0. The van der Waals surface area contributed by atoms with Crippen molar-refractivity contribution in [2.45, 2.75) is 32.6 Å². The summed E-state index contributed by atoms with van der Waals surface area (Å²) in [7, 11) is 0. The van der Waals surface area contributed by atoms with E-state index in [1.165, 1.54) is 45.3 Å². The van der Waals surface area contributed by atoms with Crippen molar-refractivity contribution < 1.29 is 5.11 Å². The van der Waals surface area contributed by atoms with Crippen molar-refractivity contribution in [2.24, 2.45) is 11.3 Å². The van der Waals surface area contributed by atoms with Crippen molar-refractivity contribution in [3.8, 4) is 0 Å². The molecule has 0 bridgehead atoms. The Labute approximate surface area is 80.9 Å². The van der Waals surface area contributed by atoms with Crippen LogP contribution in [0.3, 0.4) is 0 Å². The van der Waals surface area contributed by atoms with Crippen LogP contribution in [0.15, 0.2) is 0 Å². The highest BCUT2D eigenvalue weighted by molar-refractivity contribution is 4.84. The summed E-state index contributed by atoms with van der Waals surface area (Å²) in [5, 5.41) is 9.21. The second-order valence-electron chi connectivity index (χ2n) is 5.21. The highest BCUT2D eigenvalue weighted by atomic mass is 16.3. The van der Waals surface area contributed by atoms with Crippen molar-refractivity contribution in [2.75, 3.05) is 26.2 Å². The van der Waals surface area contributed by atoms with E-state index in [-0.39, 0.29) is 5.41 Å². The number of piperidine rings is 1. The number of nitrogens with zero attached hydrogens (tertiary/aromatic N) is 1. The first-order valence-corrected chi connectivity index (χ1v) is 5.55. The highest BCUT2D eigenvalue weighted by Gasteiger charge is 2.31. The Balaban J connectivity index is 1.74. The summed E-state index contributed by atoms with van der Waals surface area (Å²) in [5.41, 5.74) is 0.222. The molecule has 1 saturated carbocycles. The van der Waals surface area contributed by atoms with E-state index in [0.717, 1.165) is 5.92 Å². The third-order valence-electron chi connectivity index (χ3n) is 3.66. The van der Waals surface area contributed by atoms with E-state index < -0.39 is 0 Å². The molecule has 0 radical (unpaired) electrons. The highest BCUT2D eigenvalue weighted by Crippen LogP contribution is 2.34. The van der Waals surface area contributed by atoms with Crippen LogP contribution in [-0.4, -0.2) is 36.2 Å². The summed E-state index contributed by atoms with van der Waals surface area (Å²) in [6.07, 6.45) is 5.26. The quantitative estimate of drug-likeness (QED) is 0.716. The van der Waals surface area contributed by atoms with Gasteiger partial charge in [-0.05, 0) is 50.1 Å². The van der Waals surface area contributed by atoms with Crippen molar-refractivity contribution in [3.63, 3.8) is 0 Å². The molecule has 2 aliphatic rings. The van der Waals surface area contributed by atoms with Gasteiger partial charge in [-0.25, -0.2) is 0 Å². The van der Waals surface area contributed by atoms with E-state index in [4.69, 9.17) is 0 Å². The maximum Gasteiger partial charge on any atom is 0.0485 e. The Bertz CT molecular complexity index is 169. The minimum absolute atomic E-state index is 0.222. The van der Waals surface area contributed by atoms with Crippen LogP contribution in [0.4, 0.5) is 0 Å². The average Bonchev–Trinajstić information content (AvgIpc) is 2.93. The Morgan fingerprint density at radius 3 is 2.38 bits per heavy atom. The number of aliphatic hydroxyl groups is 1. The molecular formula is C11H21NO. The lowest BCUT2D eigenvalue weighted by Gasteiger charge is -2.38. The van der Waals surface area contributed by atoms with E-state index in [1.807, 2.05) is 0 Å². The first kappa shape index (κ1) is 9.47. The van der Waals surface area contributed by atoms with Crippen LogP contribution in [-0.2, 0) is 0 Å². The van der Waals surface area contributed by atoms with Gasteiger partial charge in [-0.3, -0.25) is 0 Å². The summed E-state index contributed by atoms with van der Waals surface area (Å²) in [4.78, 5) is 2.58. The normalized spacial score (nSPS) is 29.1. The summed E-state index contributed by atoms with van der Waals surface area (Å²) in [5.74, 6) is 1.01. The molecule has 0 amide bonds. The van der Waals surface area contributed by atoms with Crippen molar-refractivity contribution in [1.29, 1.82) is 0 Å². The Morgan fingerprint density at radius 2 is 1.92 bits per heavy atom. The molecule has 13 heavy (non-hydrogen) atoms. The van der Waals surface area contributed by atoms with Gasteiger partial charge < -0.3 is 10.0 Å². The maximum atomic E-state index is 9.21. The van der Waals surface area contributed by atoms with E-state index in [9.17, 15) is 5.11 Å². The Hall–Kier alpha value is -0.0800. The fraction of sp³-hybridized carbons (Fsp3) is 1.00. The van der Waals surface area contributed by atoms with Gasteiger partial charge >= 0.3 is 0 Å². The first-order valence-electron chi connectivity index (χ1n) is 5.55. The van der Waals surface area contributed by atoms with Gasteiger partial charge in [0.1, 0.15) is 0 Å². The van der Waals surface area contributed by atoms with Gasteiger partial charge in [0.15, 0.2) is 0 Å². The molecule has 1 aliphatic heterocycles. The molecule has 2 rings (SSSR count). The SMILES string of the molecule is CC1(CO)CCN(CC2CC2)CC1. The number of hydrogen-bond acceptors (Lipinski definition) is 2. The Kier molecular flexibility index (Phi) is 2.61. The van der Waals surface area contributed by atoms with Crippen molar-refractivity contribution in [3.05, 3.63) is 0 Å². The topological polar surface area (TPSA) is 23.5 Å². The van der Waals surface area contributed by atoms with Gasteiger partial charge in [0, 0.05) is 13.2 Å². The van der Waals surface area contributed by atoms with Crippen LogP contribution in [0.2, 0.25) is 0 Å². The molecular weight excluding hydrogens is 162 g/mol. The summed E-state index contributed by atoms with van der Waals surface area (Å²) in [6.45, 7) is 6.30. The summed E-state index contributed by atoms with van der Waals surface area (Å²) >= 11 is 0. The van der Waals surface area contributed by atoms with Crippen molar-refractivity contribution >= 4 is 0 Å². The lowest BCUT2D eigenvalue weighted by Crippen LogP contribution is -2.41. The molecule has 1 heterocycles. The van der Waals surface area contributed by atoms with E-state index in [2.05, 4.69) is 11.8 Å². The van der Waals surface area contributed by atoms with Crippen LogP contribution in [0.25, 0.3) is 0 Å². The monoisotopic (exact) mass is 183 g/mol. The zero-order chi connectivity index (χ0) is 9.31. The molecule has 76 valence electrons.